The fraction of sp³-hybridized carbons (Fsp3) is 0.455. The summed E-state index contributed by atoms with van der Waals surface area (Å²) in [6.07, 6.45) is 5.38. The van der Waals surface area contributed by atoms with Crippen molar-refractivity contribution in [2.75, 3.05) is 0 Å². The number of hydrogen-bond acceptors (Lipinski definition) is 1. The minimum atomic E-state index is 0.415. The summed E-state index contributed by atoms with van der Waals surface area (Å²) >= 11 is 5.85. The van der Waals surface area contributed by atoms with Crippen LogP contribution in [0.4, 0.5) is 0 Å². The minimum absolute atomic E-state index is 0.415. The molecule has 1 aromatic rings. The van der Waals surface area contributed by atoms with Gasteiger partial charge < -0.3 is 4.74 Å². The molecule has 1 fully saturated rings. The molecule has 2 heteroatoms. The summed E-state index contributed by atoms with van der Waals surface area (Å²) in [6.45, 7) is 0. The summed E-state index contributed by atoms with van der Waals surface area (Å²) in [6, 6.07) is 7.62. The fourth-order valence-electron chi connectivity index (χ4n) is 1.74. The highest BCUT2D eigenvalue weighted by Gasteiger charge is 2.16. The van der Waals surface area contributed by atoms with Gasteiger partial charge in [0.15, 0.2) is 0 Å². The van der Waals surface area contributed by atoms with Crippen LogP contribution in [0.25, 0.3) is 0 Å². The van der Waals surface area contributed by atoms with Crippen molar-refractivity contribution in [3.05, 3.63) is 29.3 Å². The standard InChI is InChI=1S/C11H13ClO/c12-9-4-3-7-11(8-9)13-10-5-1-2-6-10/h3-4,7-8,10H,1-2,5-6H2. The van der Waals surface area contributed by atoms with Crippen LogP contribution in [-0.2, 0) is 0 Å². The molecule has 1 aliphatic carbocycles. The maximum Gasteiger partial charge on any atom is 0.121 e. The van der Waals surface area contributed by atoms with E-state index in [-0.39, 0.29) is 0 Å². The summed E-state index contributed by atoms with van der Waals surface area (Å²) in [7, 11) is 0. The average Bonchev–Trinajstić information content (AvgIpc) is 2.57. The molecule has 0 N–H and O–H groups in total. The maximum absolute atomic E-state index is 5.85. The van der Waals surface area contributed by atoms with E-state index < -0.39 is 0 Å². The Labute approximate surface area is 83.7 Å². The van der Waals surface area contributed by atoms with Crippen molar-refractivity contribution >= 4 is 11.6 Å². The zero-order valence-electron chi connectivity index (χ0n) is 7.50. The highest BCUT2D eigenvalue weighted by Crippen LogP contribution is 2.25. The van der Waals surface area contributed by atoms with Gasteiger partial charge in [-0.1, -0.05) is 17.7 Å². The zero-order valence-corrected chi connectivity index (χ0v) is 8.26. The number of rotatable bonds is 2. The minimum Gasteiger partial charge on any atom is -0.490 e. The van der Waals surface area contributed by atoms with E-state index in [2.05, 4.69) is 0 Å². The quantitative estimate of drug-likeness (QED) is 0.702. The molecule has 0 spiro atoms. The first-order chi connectivity index (χ1) is 6.34. The molecule has 0 atom stereocenters. The van der Waals surface area contributed by atoms with Crippen LogP contribution in [0.2, 0.25) is 5.02 Å². The molecule has 0 heterocycles. The summed E-state index contributed by atoms with van der Waals surface area (Å²) in [4.78, 5) is 0. The van der Waals surface area contributed by atoms with Gasteiger partial charge in [0.2, 0.25) is 0 Å². The second-order valence-electron chi connectivity index (χ2n) is 3.48. The Balaban J connectivity index is 2.00. The second kappa shape index (κ2) is 4.01. The predicted octanol–water partition coefficient (Wildman–Crippen LogP) is 3.66. The van der Waals surface area contributed by atoms with Gasteiger partial charge in [0, 0.05) is 5.02 Å². The van der Waals surface area contributed by atoms with Crippen molar-refractivity contribution in [2.45, 2.75) is 31.8 Å². The van der Waals surface area contributed by atoms with Gasteiger partial charge >= 0.3 is 0 Å². The third-order valence-electron chi connectivity index (χ3n) is 2.40. The van der Waals surface area contributed by atoms with E-state index in [1.54, 1.807) is 0 Å². The van der Waals surface area contributed by atoms with Crippen LogP contribution < -0.4 is 4.74 Å². The summed E-state index contributed by atoms with van der Waals surface area (Å²) in [5.41, 5.74) is 0. The van der Waals surface area contributed by atoms with E-state index in [1.807, 2.05) is 24.3 Å². The molecular weight excluding hydrogens is 184 g/mol. The number of benzene rings is 1. The Morgan fingerprint density at radius 3 is 2.69 bits per heavy atom. The van der Waals surface area contributed by atoms with E-state index in [1.165, 1.54) is 25.7 Å². The highest BCUT2D eigenvalue weighted by atomic mass is 35.5. The second-order valence-corrected chi connectivity index (χ2v) is 3.92. The van der Waals surface area contributed by atoms with Gasteiger partial charge in [-0.3, -0.25) is 0 Å². The summed E-state index contributed by atoms with van der Waals surface area (Å²) in [5, 5.41) is 0.746. The number of hydrogen-bond donors (Lipinski definition) is 0. The summed E-state index contributed by atoms with van der Waals surface area (Å²) < 4.78 is 5.77. The monoisotopic (exact) mass is 196 g/mol. The molecule has 0 saturated heterocycles. The van der Waals surface area contributed by atoms with Crippen LogP contribution in [0.1, 0.15) is 25.7 Å². The smallest absolute Gasteiger partial charge is 0.121 e. The average molecular weight is 197 g/mol. The largest absolute Gasteiger partial charge is 0.490 e. The maximum atomic E-state index is 5.85. The number of halogens is 1. The first kappa shape index (κ1) is 8.89. The molecule has 0 aromatic heterocycles. The molecule has 0 aliphatic heterocycles. The van der Waals surface area contributed by atoms with Crippen molar-refractivity contribution in [2.24, 2.45) is 0 Å². The molecule has 1 aliphatic rings. The van der Waals surface area contributed by atoms with Gasteiger partial charge in [0.25, 0.3) is 0 Å². The lowest BCUT2D eigenvalue weighted by molar-refractivity contribution is 0.210. The first-order valence-corrected chi connectivity index (χ1v) is 5.14. The molecule has 0 radical (unpaired) electrons. The van der Waals surface area contributed by atoms with Crippen molar-refractivity contribution < 1.29 is 4.74 Å². The Bertz CT molecular complexity index is 279. The van der Waals surface area contributed by atoms with Crippen LogP contribution in [0.5, 0.6) is 5.75 Å². The van der Waals surface area contributed by atoms with E-state index in [0.717, 1.165) is 10.8 Å². The molecule has 70 valence electrons. The fourth-order valence-corrected chi connectivity index (χ4v) is 1.92. The first-order valence-electron chi connectivity index (χ1n) is 4.77. The van der Waals surface area contributed by atoms with E-state index >= 15 is 0 Å². The Morgan fingerprint density at radius 2 is 2.00 bits per heavy atom. The van der Waals surface area contributed by atoms with Crippen LogP contribution >= 0.6 is 11.6 Å². The SMILES string of the molecule is Clc1cccc(OC2CCCC2)c1. The van der Waals surface area contributed by atoms with E-state index in [9.17, 15) is 0 Å². The molecule has 2 rings (SSSR count). The van der Waals surface area contributed by atoms with Gasteiger partial charge in [-0.15, -0.1) is 0 Å². The third kappa shape index (κ3) is 2.38. The van der Waals surface area contributed by atoms with Crippen LogP contribution in [0.15, 0.2) is 24.3 Å². The topological polar surface area (TPSA) is 9.23 Å². The van der Waals surface area contributed by atoms with E-state index in [0.29, 0.717) is 6.10 Å². The van der Waals surface area contributed by atoms with Gasteiger partial charge in [0.05, 0.1) is 6.10 Å². The zero-order chi connectivity index (χ0) is 9.10. The van der Waals surface area contributed by atoms with Gasteiger partial charge in [-0.05, 0) is 43.9 Å². The Kier molecular flexibility index (Phi) is 2.74. The lowest BCUT2D eigenvalue weighted by atomic mass is 10.3. The van der Waals surface area contributed by atoms with Crippen LogP contribution in [-0.4, -0.2) is 6.10 Å². The molecule has 0 unspecified atom stereocenters. The molecule has 13 heavy (non-hydrogen) atoms. The number of ether oxygens (including phenoxy) is 1. The Hall–Kier alpha value is -0.690. The van der Waals surface area contributed by atoms with E-state index in [4.69, 9.17) is 16.3 Å². The lowest BCUT2D eigenvalue weighted by Crippen LogP contribution is -2.10. The molecule has 0 bridgehead atoms. The summed E-state index contributed by atoms with van der Waals surface area (Å²) in [5.74, 6) is 0.902. The van der Waals surface area contributed by atoms with Crippen LogP contribution in [0, 0.1) is 0 Å². The van der Waals surface area contributed by atoms with Crippen molar-refractivity contribution in [1.29, 1.82) is 0 Å². The Morgan fingerprint density at radius 1 is 1.23 bits per heavy atom. The normalized spacial score (nSPS) is 17.6. The van der Waals surface area contributed by atoms with Crippen LogP contribution in [0.3, 0.4) is 0 Å². The molecule has 0 amide bonds. The van der Waals surface area contributed by atoms with Gasteiger partial charge in [-0.2, -0.15) is 0 Å². The highest BCUT2D eigenvalue weighted by molar-refractivity contribution is 6.30. The molecule has 1 saturated carbocycles. The predicted molar refractivity (Wildman–Crippen MR) is 54.3 cm³/mol. The molecule has 1 aromatic carbocycles. The lowest BCUT2D eigenvalue weighted by Gasteiger charge is -2.12. The molecular formula is C11H13ClO. The van der Waals surface area contributed by atoms with Gasteiger partial charge in [0.1, 0.15) is 5.75 Å². The van der Waals surface area contributed by atoms with Crippen molar-refractivity contribution in [1.82, 2.24) is 0 Å². The van der Waals surface area contributed by atoms with Crippen molar-refractivity contribution in [3.63, 3.8) is 0 Å². The molecule has 1 nitrogen and oxygen atoms in total. The van der Waals surface area contributed by atoms with Gasteiger partial charge in [-0.25, -0.2) is 0 Å². The van der Waals surface area contributed by atoms with Crippen molar-refractivity contribution in [3.8, 4) is 5.75 Å². The third-order valence-corrected chi connectivity index (χ3v) is 2.64.